The molecule has 1 amide bonds. The number of carbonyl (C=O) groups excluding carboxylic acids is 1. The third-order valence-electron chi connectivity index (χ3n) is 1.74. The monoisotopic (exact) mass is 288 g/mol. The van der Waals surface area contributed by atoms with Crippen LogP contribution < -0.4 is 5.32 Å². The number of carbonyl (C=O) groups is 1. The van der Waals surface area contributed by atoms with E-state index in [1.54, 1.807) is 6.08 Å². The number of nitrogens with one attached hydrogen (secondary N) is 1. The zero-order valence-electron chi connectivity index (χ0n) is 7.12. The van der Waals surface area contributed by atoms with Gasteiger partial charge in [0.05, 0.1) is 12.1 Å². The van der Waals surface area contributed by atoms with Crippen molar-refractivity contribution < 1.29 is 4.79 Å². The summed E-state index contributed by atoms with van der Waals surface area (Å²) in [5.41, 5.74) is 0. The van der Waals surface area contributed by atoms with Gasteiger partial charge in [0.2, 0.25) is 5.91 Å². The fourth-order valence-corrected chi connectivity index (χ4v) is 1.66. The molecular formula is C9H9IN2O. The largest absolute Gasteiger partial charge is 0.347 e. The van der Waals surface area contributed by atoms with Gasteiger partial charge < -0.3 is 5.32 Å². The van der Waals surface area contributed by atoms with Crippen LogP contribution in [0.3, 0.4) is 0 Å². The van der Waals surface area contributed by atoms with Crippen molar-refractivity contribution in [3.8, 4) is 6.07 Å². The van der Waals surface area contributed by atoms with E-state index in [1.807, 2.05) is 40.8 Å². The molecule has 4 heteroatoms. The van der Waals surface area contributed by atoms with Crippen molar-refractivity contribution in [2.24, 2.45) is 0 Å². The maximum Gasteiger partial charge on any atom is 0.217 e. The van der Waals surface area contributed by atoms with Gasteiger partial charge in [-0.25, -0.2) is 0 Å². The molecule has 3 nitrogen and oxygen atoms in total. The van der Waals surface area contributed by atoms with Gasteiger partial charge in [-0.05, 0) is 0 Å². The second kappa shape index (κ2) is 3.92. The van der Waals surface area contributed by atoms with Gasteiger partial charge >= 0.3 is 0 Å². The number of allylic oxidation sites excluding steroid dienone is 2. The molecule has 0 saturated carbocycles. The fourth-order valence-electron chi connectivity index (χ4n) is 1.09. The minimum atomic E-state index is -0.655. The van der Waals surface area contributed by atoms with Crippen LogP contribution in [0.4, 0.5) is 0 Å². The number of nitriles is 1. The van der Waals surface area contributed by atoms with E-state index in [4.69, 9.17) is 5.26 Å². The third-order valence-corrected chi connectivity index (χ3v) is 3.01. The van der Waals surface area contributed by atoms with Crippen molar-refractivity contribution in [3.63, 3.8) is 0 Å². The summed E-state index contributed by atoms with van der Waals surface area (Å²) in [5, 5.41) is 11.7. The Morgan fingerprint density at radius 3 is 2.92 bits per heavy atom. The summed E-state index contributed by atoms with van der Waals surface area (Å²) in [4.78, 5) is 10.8. The highest BCUT2D eigenvalue weighted by Crippen LogP contribution is 2.27. The molecule has 0 aromatic rings. The lowest BCUT2D eigenvalue weighted by Crippen LogP contribution is -2.46. The molecule has 1 rings (SSSR count). The highest BCUT2D eigenvalue weighted by atomic mass is 127. The first-order valence-corrected chi connectivity index (χ1v) is 4.89. The van der Waals surface area contributed by atoms with Gasteiger partial charge in [-0.15, -0.1) is 0 Å². The number of hydrogen-bond donors (Lipinski definition) is 1. The lowest BCUT2D eigenvalue weighted by atomic mass is 9.96. The summed E-state index contributed by atoms with van der Waals surface area (Å²) >= 11 is 2.04. The molecule has 0 aromatic heterocycles. The maximum absolute atomic E-state index is 10.8. The Hall–Kier alpha value is -0.830. The fraction of sp³-hybridized carbons (Fsp3) is 0.333. The zero-order valence-corrected chi connectivity index (χ0v) is 9.28. The van der Waals surface area contributed by atoms with Crippen LogP contribution in [0.25, 0.3) is 0 Å². The van der Waals surface area contributed by atoms with E-state index in [0.29, 0.717) is 0 Å². The molecule has 0 saturated heterocycles. The molecule has 0 aliphatic heterocycles. The molecule has 2 atom stereocenters. The van der Waals surface area contributed by atoms with Crippen molar-refractivity contribution in [1.82, 2.24) is 5.32 Å². The van der Waals surface area contributed by atoms with Gasteiger partial charge in [-0.1, -0.05) is 46.9 Å². The van der Waals surface area contributed by atoms with Crippen LogP contribution in [-0.4, -0.2) is 15.4 Å². The summed E-state index contributed by atoms with van der Waals surface area (Å²) < 4.78 is -0.655. The third kappa shape index (κ3) is 2.31. The number of hydrogen-bond acceptors (Lipinski definition) is 2. The van der Waals surface area contributed by atoms with E-state index >= 15 is 0 Å². The highest BCUT2D eigenvalue weighted by Gasteiger charge is 2.34. The van der Waals surface area contributed by atoms with E-state index in [0.717, 1.165) is 0 Å². The first kappa shape index (κ1) is 10.3. The average molecular weight is 288 g/mol. The summed E-state index contributed by atoms with van der Waals surface area (Å²) in [5.74, 6) is -0.124. The highest BCUT2D eigenvalue weighted by molar-refractivity contribution is 14.1. The normalized spacial score (nSPS) is 31.0. The van der Waals surface area contributed by atoms with Gasteiger partial charge in [-0.2, -0.15) is 5.26 Å². The van der Waals surface area contributed by atoms with Crippen LogP contribution in [0.1, 0.15) is 6.92 Å². The average Bonchev–Trinajstić information content (AvgIpc) is 2.09. The second-order valence-corrected chi connectivity index (χ2v) is 4.59. The first-order chi connectivity index (χ1) is 6.08. The van der Waals surface area contributed by atoms with E-state index in [1.165, 1.54) is 6.92 Å². The molecule has 1 N–H and O–H groups in total. The van der Waals surface area contributed by atoms with Crippen molar-refractivity contribution in [2.45, 2.75) is 16.4 Å². The van der Waals surface area contributed by atoms with Crippen LogP contribution in [-0.2, 0) is 4.79 Å². The Morgan fingerprint density at radius 2 is 2.38 bits per heavy atom. The number of amides is 1. The molecule has 0 fully saturated rings. The Balaban J connectivity index is 2.84. The molecule has 0 heterocycles. The van der Waals surface area contributed by atoms with Gasteiger partial charge in [0, 0.05) is 6.92 Å². The molecule has 0 radical (unpaired) electrons. The van der Waals surface area contributed by atoms with Crippen LogP contribution in [0.2, 0.25) is 0 Å². The number of rotatable bonds is 1. The summed E-state index contributed by atoms with van der Waals surface area (Å²) in [7, 11) is 0. The number of nitrogens with zero attached hydrogens (tertiary/aromatic N) is 1. The minimum absolute atomic E-state index is 0.124. The van der Waals surface area contributed by atoms with Crippen molar-refractivity contribution in [1.29, 1.82) is 5.26 Å². The Bertz CT molecular complexity index is 316. The molecule has 0 aromatic carbocycles. The quantitative estimate of drug-likeness (QED) is 0.584. The Kier molecular flexibility index (Phi) is 3.09. The van der Waals surface area contributed by atoms with Crippen molar-refractivity contribution in [3.05, 3.63) is 24.3 Å². The molecular weight excluding hydrogens is 279 g/mol. The molecule has 1 aliphatic carbocycles. The van der Waals surface area contributed by atoms with E-state index in [-0.39, 0.29) is 11.9 Å². The summed E-state index contributed by atoms with van der Waals surface area (Å²) in [6, 6.07) is 1.93. The smallest absolute Gasteiger partial charge is 0.217 e. The van der Waals surface area contributed by atoms with Crippen molar-refractivity contribution in [2.75, 3.05) is 0 Å². The lowest BCUT2D eigenvalue weighted by Gasteiger charge is -2.26. The van der Waals surface area contributed by atoms with Gasteiger partial charge in [-0.3, -0.25) is 4.79 Å². The zero-order chi connectivity index (χ0) is 9.90. The second-order valence-electron chi connectivity index (χ2n) is 2.80. The predicted octanol–water partition coefficient (Wildman–Crippen LogP) is 1.31. The summed E-state index contributed by atoms with van der Waals surface area (Å²) in [6.07, 6.45) is 7.24. The first-order valence-electron chi connectivity index (χ1n) is 3.82. The summed E-state index contributed by atoms with van der Waals surface area (Å²) in [6.45, 7) is 1.45. The van der Waals surface area contributed by atoms with Crippen LogP contribution in [0.15, 0.2) is 24.3 Å². The predicted molar refractivity (Wildman–Crippen MR) is 58.2 cm³/mol. The lowest BCUT2D eigenvalue weighted by molar-refractivity contribution is -0.119. The molecule has 0 spiro atoms. The van der Waals surface area contributed by atoms with Crippen LogP contribution in [0.5, 0.6) is 0 Å². The van der Waals surface area contributed by atoms with Crippen LogP contribution >= 0.6 is 22.6 Å². The molecule has 13 heavy (non-hydrogen) atoms. The van der Waals surface area contributed by atoms with Gasteiger partial charge in [0.1, 0.15) is 0 Å². The number of halogens is 1. The van der Waals surface area contributed by atoms with E-state index in [2.05, 4.69) is 11.4 Å². The number of alkyl halides is 1. The molecule has 0 bridgehead atoms. The molecule has 2 unspecified atom stereocenters. The molecule has 68 valence electrons. The molecule has 1 aliphatic rings. The Labute approximate surface area is 90.6 Å². The van der Waals surface area contributed by atoms with E-state index < -0.39 is 3.42 Å². The van der Waals surface area contributed by atoms with Crippen LogP contribution in [0, 0.1) is 11.3 Å². The minimum Gasteiger partial charge on any atom is -0.347 e. The SMILES string of the molecule is CC(=O)NC1C=CC=CC1(I)C#N. The van der Waals surface area contributed by atoms with Gasteiger partial charge in [0.15, 0.2) is 3.42 Å². The Morgan fingerprint density at radius 1 is 1.69 bits per heavy atom. The van der Waals surface area contributed by atoms with Crippen molar-refractivity contribution >= 4 is 28.5 Å². The topological polar surface area (TPSA) is 52.9 Å². The van der Waals surface area contributed by atoms with E-state index in [9.17, 15) is 4.79 Å². The maximum atomic E-state index is 10.8. The van der Waals surface area contributed by atoms with Gasteiger partial charge in [0.25, 0.3) is 0 Å². The standard InChI is InChI=1S/C9H9IN2O/c1-7(13)12-8-4-2-3-5-9(8,10)6-11/h2-5,8H,1H3,(H,12,13).